The molecule has 4 heterocycles. The first-order valence-electron chi connectivity index (χ1n) is 11.1. The van der Waals surface area contributed by atoms with Crippen LogP contribution in [0.15, 0.2) is 24.5 Å². The molecule has 0 bridgehead atoms. The van der Waals surface area contributed by atoms with Gasteiger partial charge in [-0.05, 0) is 17.7 Å². The lowest BCUT2D eigenvalue weighted by Crippen LogP contribution is -2.40. The fourth-order valence-electron chi connectivity index (χ4n) is 3.90. The maximum atomic E-state index is 10.2. The van der Waals surface area contributed by atoms with Gasteiger partial charge in [0.25, 0.3) is 5.95 Å². The van der Waals surface area contributed by atoms with E-state index in [1.807, 2.05) is 6.20 Å². The number of aromatic nitrogens is 5. The molecule has 34 heavy (non-hydrogen) atoms. The molecule has 12 nitrogen and oxygen atoms in total. The van der Waals surface area contributed by atoms with Crippen LogP contribution in [0.1, 0.15) is 0 Å². The normalized spacial score (nSPS) is 16.5. The number of morpholine rings is 2. The summed E-state index contributed by atoms with van der Waals surface area (Å²) in [5.74, 6) is 2.18. The van der Waals surface area contributed by atoms with Crippen molar-refractivity contribution in [2.24, 2.45) is 0 Å². The van der Waals surface area contributed by atoms with Gasteiger partial charge >= 0.3 is 0 Å². The second-order valence-electron chi connectivity index (χ2n) is 7.84. The van der Waals surface area contributed by atoms with Crippen molar-refractivity contribution in [2.45, 2.75) is 0 Å². The number of rotatable bonds is 6. The molecule has 0 aliphatic carbocycles. The van der Waals surface area contributed by atoms with Crippen LogP contribution in [0.5, 0.6) is 17.2 Å². The second-order valence-corrected chi connectivity index (χ2v) is 7.84. The first-order valence-corrected chi connectivity index (χ1v) is 11.1. The molecule has 0 radical (unpaired) electrons. The molecule has 180 valence electrons. The average Bonchev–Trinajstić information content (AvgIpc) is 3.40. The fourth-order valence-corrected chi connectivity index (χ4v) is 3.90. The van der Waals surface area contributed by atoms with Crippen LogP contribution in [0.4, 0.5) is 11.9 Å². The van der Waals surface area contributed by atoms with E-state index in [2.05, 4.69) is 14.9 Å². The highest BCUT2D eigenvalue weighted by Gasteiger charge is 2.22. The van der Waals surface area contributed by atoms with E-state index in [1.54, 1.807) is 23.0 Å². The summed E-state index contributed by atoms with van der Waals surface area (Å²) >= 11 is 0. The van der Waals surface area contributed by atoms with Crippen LogP contribution in [0.25, 0.3) is 17.1 Å². The van der Waals surface area contributed by atoms with Crippen LogP contribution in [0, 0.1) is 0 Å². The highest BCUT2D eigenvalue weighted by molar-refractivity contribution is 5.70. The number of hydrogen-bond donors (Lipinski definition) is 1. The zero-order valence-corrected chi connectivity index (χ0v) is 19.2. The van der Waals surface area contributed by atoms with Gasteiger partial charge in [-0.1, -0.05) is 0 Å². The molecule has 0 spiro atoms. The standard InChI is InChI=1S/C22H27N7O5/c1-31-17-11-15(12-18(32-2)19(17)30)16-13-23-29(14-16)22-25-20(27-3-7-33-8-4-27)24-21(26-22)28-5-9-34-10-6-28/h11-14,30H,3-10H2,1-2H3. The average molecular weight is 470 g/mol. The summed E-state index contributed by atoms with van der Waals surface area (Å²) in [4.78, 5) is 18.4. The number of hydrogen-bond acceptors (Lipinski definition) is 11. The molecule has 12 heteroatoms. The Balaban J connectivity index is 1.52. The monoisotopic (exact) mass is 469 g/mol. The number of phenolic OH excluding ortho intramolecular Hbond substituents is 1. The van der Waals surface area contributed by atoms with Crippen molar-refractivity contribution in [1.82, 2.24) is 24.7 Å². The van der Waals surface area contributed by atoms with Crippen LogP contribution in [-0.2, 0) is 9.47 Å². The number of ether oxygens (including phenoxy) is 4. The Bertz CT molecular complexity index is 1080. The van der Waals surface area contributed by atoms with Gasteiger partial charge in [0.1, 0.15) is 0 Å². The number of aromatic hydroxyl groups is 1. The Morgan fingerprint density at radius 2 is 1.26 bits per heavy atom. The van der Waals surface area contributed by atoms with Gasteiger partial charge in [-0.3, -0.25) is 0 Å². The van der Waals surface area contributed by atoms with Crippen LogP contribution >= 0.6 is 0 Å². The second kappa shape index (κ2) is 9.69. The quantitative estimate of drug-likeness (QED) is 0.559. The van der Waals surface area contributed by atoms with Crippen LogP contribution in [0.3, 0.4) is 0 Å². The molecule has 0 amide bonds. The lowest BCUT2D eigenvalue weighted by atomic mass is 10.1. The summed E-state index contributed by atoms with van der Waals surface area (Å²) in [6.45, 7) is 5.36. The van der Waals surface area contributed by atoms with Crippen molar-refractivity contribution in [1.29, 1.82) is 0 Å². The van der Waals surface area contributed by atoms with Crippen molar-refractivity contribution < 1.29 is 24.1 Å². The van der Waals surface area contributed by atoms with Gasteiger partial charge in [-0.25, -0.2) is 4.68 Å². The SMILES string of the molecule is COc1cc(-c2cnn(-c3nc(N4CCOCC4)nc(N4CCOCC4)n3)c2)cc(OC)c1O. The highest BCUT2D eigenvalue weighted by atomic mass is 16.5. The molecule has 2 fully saturated rings. The van der Waals surface area contributed by atoms with Crippen molar-refractivity contribution >= 4 is 11.9 Å². The fraction of sp³-hybridized carbons (Fsp3) is 0.455. The summed E-state index contributed by atoms with van der Waals surface area (Å²) in [6, 6.07) is 3.45. The number of benzene rings is 1. The molecule has 3 aromatic rings. The number of anilines is 2. The van der Waals surface area contributed by atoms with Gasteiger partial charge in [-0.2, -0.15) is 20.1 Å². The highest BCUT2D eigenvalue weighted by Crippen LogP contribution is 2.40. The van der Waals surface area contributed by atoms with Gasteiger partial charge in [0.05, 0.1) is 46.8 Å². The summed E-state index contributed by atoms with van der Waals surface area (Å²) in [7, 11) is 2.99. The third-order valence-electron chi connectivity index (χ3n) is 5.79. The number of nitrogens with zero attached hydrogens (tertiary/aromatic N) is 7. The van der Waals surface area contributed by atoms with E-state index in [0.29, 0.717) is 82.0 Å². The maximum Gasteiger partial charge on any atom is 0.257 e. The number of phenols is 1. The van der Waals surface area contributed by atoms with Crippen molar-refractivity contribution in [3.05, 3.63) is 24.5 Å². The van der Waals surface area contributed by atoms with E-state index < -0.39 is 0 Å². The predicted molar refractivity (Wildman–Crippen MR) is 123 cm³/mol. The molecular weight excluding hydrogens is 442 g/mol. The van der Waals surface area contributed by atoms with Crippen LogP contribution in [0.2, 0.25) is 0 Å². The smallest absolute Gasteiger partial charge is 0.257 e. The molecule has 1 N–H and O–H groups in total. The third-order valence-corrected chi connectivity index (χ3v) is 5.79. The van der Waals surface area contributed by atoms with Crippen molar-refractivity contribution in [3.63, 3.8) is 0 Å². The van der Waals surface area contributed by atoms with Crippen LogP contribution < -0.4 is 19.3 Å². The van der Waals surface area contributed by atoms with Gasteiger partial charge in [0.15, 0.2) is 11.5 Å². The van der Waals surface area contributed by atoms with Crippen molar-refractivity contribution in [3.8, 4) is 34.3 Å². The Morgan fingerprint density at radius 3 is 1.76 bits per heavy atom. The lowest BCUT2D eigenvalue weighted by Gasteiger charge is -2.30. The summed E-state index contributed by atoms with van der Waals surface area (Å²) in [6.07, 6.45) is 3.53. The largest absolute Gasteiger partial charge is 0.502 e. The zero-order valence-electron chi connectivity index (χ0n) is 19.2. The van der Waals surface area contributed by atoms with Gasteiger partial charge in [0.2, 0.25) is 17.6 Å². The third kappa shape index (κ3) is 4.41. The molecule has 0 unspecified atom stereocenters. The first-order chi connectivity index (χ1) is 16.7. The zero-order chi connectivity index (χ0) is 23.5. The van der Waals surface area contributed by atoms with E-state index in [9.17, 15) is 5.11 Å². The molecule has 2 aliphatic heterocycles. The Hall–Kier alpha value is -3.64. The first kappa shape index (κ1) is 22.2. The lowest BCUT2D eigenvalue weighted by molar-refractivity contribution is 0.121. The molecule has 2 aromatic heterocycles. The molecule has 2 aliphatic rings. The Labute approximate surface area is 196 Å². The van der Waals surface area contributed by atoms with Gasteiger partial charge < -0.3 is 33.9 Å². The summed E-state index contributed by atoms with van der Waals surface area (Å²) in [5, 5.41) is 14.7. The van der Waals surface area contributed by atoms with Crippen molar-refractivity contribution in [2.75, 3.05) is 76.6 Å². The summed E-state index contributed by atoms with van der Waals surface area (Å²) in [5.41, 5.74) is 1.56. The molecule has 0 saturated carbocycles. The number of methoxy groups -OCH3 is 2. The Morgan fingerprint density at radius 1 is 0.765 bits per heavy atom. The predicted octanol–water partition coefficient (Wildman–Crippen LogP) is 1.12. The van der Waals surface area contributed by atoms with Crippen LogP contribution in [-0.4, -0.2) is 96.7 Å². The molecule has 5 rings (SSSR count). The van der Waals surface area contributed by atoms with E-state index in [-0.39, 0.29) is 5.75 Å². The van der Waals surface area contributed by atoms with E-state index in [4.69, 9.17) is 33.9 Å². The van der Waals surface area contributed by atoms with Gasteiger partial charge in [-0.15, -0.1) is 0 Å². The summed E-state index contributed by atoms with van der Waals surface area (Å²) < 4.78 is 23.2. The maximum absolute atomic E-state index is 10.2. The van der Waals surface area contributed by atoms with E-state index in [0.717, 1.165) is 11.1 Å². The van der Waals surface area contributed by atoms with E-state index in [1.165, 1.54) is 14.2 Å². The Kier molecular flexibility index (Phi) is 6.32. The molecular formula is C22H27N7O5. The minimum atomic E-state index is -0.0519. The minimum absolute atomic E-state index is 0.0519. The van der Waals surface area contributed by atoms with E-state index >= 15 is 0 Å². The topological polar surface area (TPSA) is 120 Å². The van der Waals surface area contributed by atoms with Gasteiger partial charge in [0, 0.05) is 37.9 Å². The molecule has 0 atom stereocenters. The molecule has 2 saturated heterocycles. The minimum Gasteiger partial charge on any atom is -0.502 e. The molecule has 1 aromatic carbocycles.